The minimum absolute atomic E-state index is 0. The zero-order valence-electron chi connectivity index (χ0n) is 19.8. The number of aliphatic imine (C=N–C) groups is 1. The fourth-order valence-electron chi connectivity index (χ4n) is 4.10. The molecule has 7 heteroatoms. The maximum absolute atomic E-state index is 5.37. The minimum Gasteiger partial charge on any atom is -0.359 e. The van der Waals surface area contributed by atoms with Gasteiger partial charge in [0.1, 0.15) is 0 Å². The molecule has 0 radical (unpaired) electrons. The lowest BCUT2D eigenvalue weighted by molar-refractivity contribution is 0.181. The summed E-state index contributed by atoms with van der Waals surface area (Å²) in [5.74, 6) is 2.87. The number of piperidine rings is 1. The third-order valence-electron chi connectivity index (χ3n) is 6.09. The molecule has 1 aromatic carbocycles. The number of nitrogens with one attached hydrogen (secondary N) is 2. The monoisotopic (exact) mass is 553 g/mol. The van der Waals surface area contributed by atoms with E-state index in [1.165, 1.54) is 50.9 Å². The number of benzene rings is 1. The van der Waals surface area contributed by atoms with E-state index in [9.17, 15) is 0 Å². The first-order valence-corrected chi connectivity index (χ1v) is 11.8. The van der Waals surface area contributed by atoms with Gasteiger partial charge in [0.15, 0.2) is 11.7 Å². The van der Waals surface area contributed by atoms with Crippen LogP contribution in [0.1, 0.15) is 62.5 Å². The fourth-order valence-corrected chi connectivity index (χ4v) is 4.10. The van der Waals surface area contributed by atoms with Gasteiger partial charge in [-0.1, -0.05) is 49.3 Å². The Kier molecular flexibility index (Phi) is 12.1. The van der Waals surface area contributed by atoms with Crippen LogP contribution in [0.25, 0.3) is 0 Å². The van der Waals surface area contributed by atoms with Gasteiger partial charge in [0.05, 0.1) is 12.2 Å². The third kappa shape index (κ3) is 9.10. The molecule has 1 aromatic heterocycles. The molecule has 0 bridgehead atoms. The standard InChI is InChI=1S/C25H39N5O.HI/c1-20(2)24-18-23(31-29-24)19-28-25(26-3)27-13-7-8-14-30-15-11-22(12-16-30)17-21-9-5-4-6-10-21;/h4-6,9-10,18,20,22H,7-8,11-17,19H2,1-3H3,(H2,26,27,28);1H. The van der Waals surface area contributed by atoms with Crippen molar-refractivity contribution in [1.82, 2.24) is 20.7 Å². The molecule has 0 aliphatic carbocycles. The van der Waals surface area contributed by atoms with E-state index in [1.807, 2.05) is 6.07 Å². The third-order valence-corrected chi connectivity index (χ3v) is 6.09. The van der Waals surface area contributed by atoms with Crippen LogP contribution >= 0.6 is 24.0 Å². The van der Waals surface area contributed by atoms with E-state index in [0.29, 0.717) is 12.5 Å². The van der Waals surface area contributed by atoms with Crippen molar-refractivity contribution in [3.63, 3.8) is 0 Å². The molecule has 2 heterocycles. The number of hydrogen-bond acceptors (Lipinski definition) is 4. The average Bonchev–Trinajstić information content (AvgIpc) is 3.27. The van der Waals surface area contributed by atoms with E-state index < -0.39 is 0 Å². The van der Waals surface area contributed by atoms with Crippen LogP contribution in [0, 0.1) is 5.92 Å². The zero-order chi connectivity index (χ0) is 21.9. The summed E-state index contributed by atoms with van der Waals surface area (Å²) in [6.07, 6.45) is 6.24. The number of aromatic nitrogens is 1. The van der Waals surface area contributed by atoms with Crippen LogP contribution in [0.4, 0.5) is 0 Å². The summed E-state index contributed by atoms with van der Waals surface area (Å²) in [6.45, 7) is 9.43. The van der Waals surface area contributed by atoms with Gasteiger partial charge >= 0.3 is 0 Å². The van der Waals surface area contributed by atoms with Crippen molar-refractivity contribution in [1.29, 1.82) is 0 Å². The van der Waals surface area contributed by atoms with E-state index in [4.69, 9.17) is 4.52 Å². The second kappa shape index (κ2) is 14.5. The number of unbranched alkanes of at least 4 members (excludes halogenated alkanes) is 1. The van der Waals surface area contributed by atoms with Gasteiger partial charge in [0, 0.05) is 19.7 Å². The molecule has 32 heavy (non-hydrogen) atoms. The summed E-state index contributed by atoms with van der Waals surface area (Å²) in [7, 11) is 1.80. The predicted octanol–water partition coefficient (Wildman–Crippen LogP) is 4.82. The van der Waals surface area contributed by atoms with Crippen LogP contribution in [0.5, 0.6) is 0 Å². The summed E-state index contributed by atoms with van der Waals surface area (Å²) in [5.41, 5.74) is 2.47. The average molecular weight is 554 g/mol. The van der Waals surface area contributed by atoms with Crippen molar-refractivity contribution >= 4 is 29.9 Å². The van der Waals surface area contributed by atoms with Gasteiger partial charge in [-0.25, -0.2) is 0 Å². The number of halogens is 1. The summed E-state index contributed by atoms with van der Waals surface area (Å²) in [4.78, 5) is 6.93. The molecule has 1 aliphatic heterocycles. The van der Waals surface area contributed by atoms with E-state index in [0.717, 1.165) is 36.3 Å². The lowest BCUT2D eigenvalue weighted by Gasteiger charge is -2.32. The van der Waals surface area contributed by atoms with E-state index in [1.54, 1.807) is 7.05 Å². The molecule has 178 valence electrons. The second-order valence-electron chi connectivity index (χ2n) is 8.91. The van der Waals surface area contributed by atoms with Crippen LogP contribution in [0.3, 0.4) is 0 Å². The van der Waals surface area contributed by atoms with Crippen LogP contribution in [0.2, 0.25) is 0 Å². The number of likely N-dealkylation sites (tertiary alicyclic amines) is 1. The molecule has 3 rings (SSSR count). The Morgan fingerprint density at radius 1 is 1.16 bits per heavy atom. The van der Waals surface area contributed by atoms with Gasteiger partial charge in [0.25, 0.3) is 0 Å². The molecule has 0 saturated carbocycles. The van der Waals surface area contributed by atoms with Crippen molar-refractivity contribution in [2.75, 3.05) is 33.2 Å². The summed E-state index contributed by atoms with van der Waals surface area (Å²) < 4.78 is 5.37. The molecule has 0 amide bonds. The van der Waals surface area contributed by atoms with Crippen molar-refractivity contribution < 1.29 is 4.52 Å². The minimum atomic E-state index is 0. The second-order valence-corrected chi connectivity index (χ2v) is 8.91. The largest absolute Gasteiger partial charge is 0.359 e. The highest BCUT2D eigenvalue weighted by Gasteiger charge is 2.19. The maximum Gasteiger partial charge on any atom is 0.191 e. The highest BCUT2D eigenvalue weighted by molar-refractivity contribution is 14.0. The van der Waals surface area contributed by atoms with E-state index in [2.05, 4.69) is 69.9 Å². The van der Waals surface area contributed by atoms with Gasteiger partial charge in [-0.05, 0) is 69.1 Å². The molecule has 1 saturated heterocycles. The van der Waals surface area contributed by atoms with Crippen molar-refractivity contribution in [2.24, 2.45) is 10.9 Å². The summed E-state index contributed by atoms with van der Waals surface area (Å²) in [5, 5.41) is 10.8. The van der Waals surface area contributed by atoms with Gasteiger partial charge in [-0.3, -0.25) is 4.99 Å². The molecular weight excluding hydrogens is 513 g/mol. The Bertz CT molecular complexity index is 785. The maximum atomic E-state index is 5.37. The lowest BCUT2D eigenvalue weighted by atomic mass is 9.90. The first-order valence-electron chi connectivity index (χ1n) is 11.8. The molecule has 1 aliphatic rings. The smallest absolute Gasteiger partial charge is 0.191 e. The normalized spacial score (nSPS) is 15.6. The molecule has 2 N–H and O–H groups in total. The van der Waals surface area contributed by atoms with E-state index >= 15 is 0 Å². The van der Waals surface area contributed by atoms with E-state index in [-0.39, 0.29) is 24.0 Å². The number of guanidine groups is 1. The zero-order valence-corrected chi connectivity index (χ0v) is 22.2. The number of nitrogens with zero attached hydrogens (tertiary/aromatic N) is 3. The SMILES string of the molecule is CN=C(NCCCCN1CCC(Cc2ccccc2)CC1)NCc1cc(C(C)C)no1.I. The van der Waals surface area contributed by atoms with Crippen molar-refractivity contribution in [2.45, 2.75) is 58.4 Å². The Labute approximate surface area is 210 Å². The van der Waals surface area contributed by atoms with Crippen LogP contribution in [-0.2, 0) is 13.0 Å². The van der Waals surface area contributed by atoms with Crippen LogP contribution < -0.4 is 10.6 Å². The number of rotatable bonds is 10. The fraction of sp³-hybridized carbons (Fsp3) is 0.600. The van der Waals surface area contributed by atoms with Crippen molar-refractivity contribution in [3.05, 3.63) is 53.4 Å². The molecule has 2 aromatic rings. The van der Waals surface area contributed by atoms with Gasteiger partial charge in [0.2, 0.25) is 0 Å². The predicted molar refractivity (Wildman–Crippen MR) is 143 cm³/mol. The summed E-state index contributed by atoms with van der Waals surface area (Å²) in [6, 6.07) is 12.9. The first-order chi connectivity index (χ1) is 15.1. The molecule has 0 unspecified atom stereocenters. The molecule has 1 fully saturated rings. The highest BCUT2D eigenvalue weighted by Crippen LogP contribution is 2.21. The Balaban J connectivity index is 0.00000363. The first kappa shape index (κ1) is 26.6. The summed E-state index contributed by atoms with van der Waals surface area (Å²) >= 11 is 0. The Morgan fingerprint density at radius 2 is 1.91 bits per heavy atom. The lowest BCUT2D eigenvalue weighted by Crippen LogP contribution is -2.38. The molecule has 0 atom stereocenters. The molecule has 6 nitrogen and oxygen atoms in total. The van der Waals surface area contributed by atoms with Crippen LogP contribution in [0.15, 0.2) is 45.9 Å². The van der Waals surface area contributed by atoms with Crippen LogP contribution in [-0.4, -0.2) is 49.2 Å². The van der Waals surface area contributed by atoms with Crippen molar-refractivity contribution in [3.8, 4) is 0 Å². The number of hydrogen-bond donors (Lipinski definition) is 2. The van der Waals surface area contributed by atoms with Gasteiger partial charge in [-0.2, -0.15) is 0 Å². The molecule has 0 spiro atoms. The topological polar surface area (TPSA) is 65.7 Å². The Hall–Kier alpha value is -1.61. The Morgan fingerprint density at radius 3 is 2.56 bits per heavy atom. The highest BCUT2D eigenvalue weighted by atomic mass is 127. The van der Waals surface area contributed by atoms with Gasteiger partial charge < -0.3 is 20.1 Å². The quantitative estimate of drug-likeness (QED) is 0.191. The molecular formula is C25H40IN5O. The van der Waals surface area contributed by atoms with Gasteiger partial charge in [-0.15, -0.1) is 24.0 Å².